The van der Waals surface area contributed by atoms with Gasteiger partial charge in [0.15, 0.2) is 5.16 Å². The number of thioether (sulfide) groups is 1. The lowest BCUT2D eigenvalue weighted by Crippen LogP contribution is -2.26. The van der Waals surface area contributed by atoms with E-state index in [2.05, 4.69) is 29.0 Å². The van der Waals surface area contributed by atoms with Crippen LogP contribution in [0.5, 0.6) is 0 Å². The van der Waals surface area contributed by atoms with E-state index in [1.807, 2.05) is 6.07 Å². The van der Waals surface area contributed by atoms with Crippen LogP contribution in [0.25, 0.3) is 11.0 Å². The average molecular weight is 262 g/mol. The molecule has 1 heterocycles. The fourth-order valence-corrected chi connectivity index (χ4v) is 3.70. The van der Waals surface area contributed by atoms with Crippen molar-refractivity contribution in [1.82, 2.24) is 9.97 Å². The third kappa shape index (κ3) is 2.40. The molecule has 1 aromatic carbocycles. The first-order chi connectivity index (χ1) is 8.72. The second kappa shape index (κ2) is 4.94. The molecule has 3 nitrogen and oxygen atoms in total. The molecule has 2 unspecified atom stereocenters. The van der Waals surface area contributed by atoms with Crippen LogP contribution in [0.4, 0.5) is 0 Å². The lowest BCUT2D eigenvalue weighted by atomic mass is 9.97. The van der Waals surface area contributed by atoms with Gasteiger partial charge in [0, 0.05) is 5.25 Å². The zero-order chi connectivity index (χ0) is 12.5. The zero-order valence-electron chi connectivity index (χ0n) is 10.5. The largest absolute Gasteiger partial charge is 0.392 e. The molecule has 0 amide bonds. The molecular formula is C14H18N2OS. The van der Waals surface area contributed by atoms with Crippen molar-refractivity contribution < 1.29 is 5.11 Å². The highest BCUT2D eigenvalue weighted by atomic mass is 32.2. The Balaban J connectivity index is 1.81. The molecule has 1 fully saturated rings. The van der Waals surface area contributed by atoms with Crippen LogP contribution in [0.3, 0.4) is 0 Å². The first kappa shape index (κ1) is 12.1. The lowest BCUT2D eigenvalue weighted by Gasteiger charge is -2.25. The van der Waals surface area contributed by atoms with Gasteiger partial charge in [-0.2, -0.15) is 0 Å². The standard InChI is InChI=1S/C14H18N2OS/c1-9-6-7-10-11(8-9)16-14(15-10)18-13-5-3-2-4-12(13)17/h6-8,12-13,17H,2-5H2,1H3,(H,15,16). The summed E-state index contributed by atoms with van der Waals surface area (Å²) in [6.45, 7) is 2.08. The molecule has 18 heavy (non-hydrogen) atoms. The Hall–Kier alpha value is -1.00. The number of nitrogens with zero attached hydrogens (tertiary/aromatic N) is 1. The minimum Gasteiger partial charge on any atom is -0.392 e. The van der Waals surface area contributed by atoms with Gasteiger partial charge in [-0.05, 0) is 37.5 Å². The van der Waals surface area contributed by atoms with Gasteiger partial charge in [-0.1, -0.05) is 30.7 Å². The number of hydrogen-bond acceptors (Lipinski definition) is 3. The first-order valence-electron chi connectivity index (χ1n) is 6.53. The van der Waals surface area contributed by atoms with E-state index in [0.717, 1.165) is 35.5 Å². The van der Waals surface area contributed by atoms with Crippen molar-refractivity contribution in [3.8, 4) is 0 Å². The van der Waals surface area contributed by atoms with Crippen LogP contribution in [-0.2, 0) is 0 Å². The van der Waals surface area contributed by atoms with Gasteiger partial charge in [-0.3, -0.25) is 0 Å². The summed E-state index contributed by atoms with van der Waals surface area (Å²) >= 11 is 1.69. The van der Waals surface area contributed by atoms with Crippen LogP contribution in [0.15, 0.2) is 23.4 Å². The third-order valence-corrected chi connectivity index (χ3v) is 4.82. The second-order valence-electron chi connectivity index (χ2n) is 5.07. The van der Waals surface area contributed by atoms with E-state index in [0.29, 0.717) is 5.25 Å². The number of aliphatic hydroxyl groups excluding tert-OH is 1. The van der Waals surface area contributed by atoms with Crippen LogP contribution >= 0.6 is 11.8 Å². The van der Waals surface area contributed by atoms with E-state index < -0.39 is 0 Å². The van der Waals surface area contributed by atoms with Crippen molar-refractivity contribution in [3.05, 3.63) is 23.8 Å². The normalized spacial score (nSPS) is 24.6. The smallest absolute Gasteiger partial charge is 0.166 e. The summed E-state index contributed by atoms with van der Waals surface area (Å²) in [5.41, 5.74) is 3.33. The van der Waals surface area contributed by atoms with Crippen LogP contribution < -0.4 is 0 Å². The molecule has 0 aliphatic heterocycles. The van der Waals surface area contributed by atoms with Crippen LogP contribution in [-0.4, -0.2) is 26.4 Å². The Morgan fingerprint density at radius 3 is 3.00 bits per heavy atom. The van der Waals surface area contributed by atoms with E-state index in [1.165, 1.54) is 12.0 Å². The van der Waals surface area contributed by atoms with Gasteiger partial charge in [-0.15, -0.1) is 0 Å². The fraction of sp³-hybridized carbons (Fsp3) is 0.500. The molecule has 2 aromatic rings. The molecule has 0 saturated heterocycles. The number of aliphatic hydroxyl groups is 1. The maximum atomic E-state index is 9.99. The summed E-state index contributed by atoms with van der Waals surface area (Å²) in [6.07, 6.45) is 4.20. The van der Waals surface area contributed by atoms with E-state index in [9.17, 15) is 5.11 Å². The molecule has 1 saturated carbocycles. The number of aromatic amines is 1. The average Bonchev–Trinajstić information content (AvgIpc) is 2.73. The Labute approximate surface area is 111 Å². The van der Waals surface area contributed by atoms with Crippen molar-refractivity contribution in [2.45, 2.75) is 49.1 Å². The van der Waals surface area contributed by atoms with E-state index in [4.69, 9.17) is 0 Å². The van der Waals surface area contributed by atoms with Crippen LogP contribution in [0.1, 0.15) is 31.2 Å². The minimum atomic E-state index is -0.182. The second-order valence-corrected chi connectivity index (χ2v) is 6.30. The molecule has 96 valence electrons. The Morgan fingerprint density at radius 1 is 1.33 bits per heavy atom. The SMILES string of the molecule is Cc1ccc2nc(SC3CCCCC3O)[nH]c2c1. The number of aryl methyl sites for hydroxylation is 1. The fourth-order valence-electron chi connectivity index (χ4n) is 2.51. The Morgan fingerprint density at radius 2 is 2.17 bits per heavy atom. The highest BCUT2D eigenvalue weighted by Gasteiger charge is 2.24. The van der Waals surface area contributed by atoms with Crippen LogP contribution in [0, 0.1) is 6.92 Å². The zero-order valence-corrected chi connectivity index (χ0v) is 11.3. The summed E-state index contributed by atoms with van der Waals surface area (Å²) in [4.78, 5) is 7.92. The number of rotatable bonds is 2. The quantitative estimate of drug-likeness (QED) is 0.873. The van der Waals surface area contributed by atoms with Gasteiger partial charge in [0.1, 0.15) is 0 Å². The van der Waals surface area contributed by atoms with E-state index in [-0.39, 0.29) is 6.10 Å². The molecule has 1 aliphatic rings. The molecule has 2 N–H and O–H groups in total. The number of imidazole rings is 1. The van der Waals surface area contributed by atoms with Crippen molar-refractivity contribution in [2.75, 3.05) is 0 Å². The maximum Gasteiger partial charge on any atom is 0.166 e. The summed E-state index contributed by atoms with van der Waals surface area (Å²) in [6, 6.07) is 6.24. The number of H-pyrrole nitrogens is 1. The van der Waals surface area contributed by atoms with Crippen molar-refractivity contribution in [3.63, 3.8) is 0 Å². The first-order valence-corrected chi connectivity index (χ1v) is 7.41. The van der Waals surface area contributed by atoms with Gasteiger partial charge in [0.05, 0.1) is 17.1 Å². The molecule has 0 spiro atoms. The van der Waals surface area contributed by atoms with Crippen molar-refractivity contribution in [1.29, 1.82) is 0 Å². The lowest BCUT2D eigenvalue weighted by molar-refractivity contribution is 0.137. The molecular weight excluding hydrogens is 244 g/mol. The third-order valence-electron chi connectivity index (χ3n) is 3.55. The summed E-state index contributed by atoms with van der Waals surface area (Å²) in [5.74, 6) is 0. The summed E-state index contributed by atoms with van der Waals surface area (Å²) in [5, 5.41) is 11.2. The molecule has 1 aromatic heterocycles. The predicted octanol–water partition coefficient (Wildman–Crippen LogP) is 3.27. The number of hydrogen-bond donors (Lipinski definition) is 2. The van der Waals surface area contributed by atoms with Gasteiger partial charge < -0.3 is 10.1 Å². The molecule has 0 bridgehead atoms. The van der Waals surface area contributed by atoms with Gasteiger partial charge in [0.25, 0.3) is 0 Å². The summed E-state index contributed by atoms with van der Waals surface area (Å²) < 4.78 is 0. The molecule has 1 aliphatic carbocycles. The predicted molar refractivity (Wildman–Crippen MR) is 75.0 cm³/mol. The number of aromatic nitrogens is 2. The van der Waals surface area contributed by atoms with Crippen molar-refractivity contribution >= 4 is 22.8 Å². The van der Waals surface area contributed by atoms with Crippen molar-refractivity contribution in [2.24, 2.45) is 0 Å². The Kier molecular flexibility index (Phi) is 3.31. The maximum absolute atomic E-state index is 9.99. The topological polar surface area (TPSA) is 48.9 Å². The number of fused-ring (bicyclic) bond motifs is 1. The highest BCUT2D eigenvalue weighted by Crippen LogP contribution is 2.33. The Bertz CT molecular complexity index is 552. The van der Waals surface area contributed by atoms with Gasteiger partial charge in [0.2, 0.25) is 0 Å². The number of nitrogens with one attached hydrogen (secondary N) is 1. The molecule has 4 heteroatoms. The van der Waals surface area contributed by atoms with Gasteiger partial charge in [-0.25, -0.2) is 4.98 Å². The molecule has 3 rings (SSSR count). The summed E-state index contributed by atoms with van der Waals surface area (Å²) in [7, 11) is 0. The molecule has 2 atom stereocenters. The highest BCUT2D eigenvalue weighted by molar-refractivity contribution is 7.99. The number of benzene rings is 1. The molecule has 0 radical (unpaired) electrons. The monoisotopic (exact) mass is 262 g/mol. The van der Waals surface area contributed by atoms with E-state index >= 15 is 0 Å². The van der Waals surface area contributed by atoms with Crippen LogP contribution in [0.2, 0.25) is 0 Å². The van der Waals surface area contributed by atoms with Gasteiger partial charge >= 0.3 is 0 Å². The van der Waals surface area contributed by atoms with E-state index in [1.54, 1.807) is 11.8 Å². The minimum absolute atomic E-state index is 0.182.